The van der Waals surface area contributed by atoms with E-state index in [2.05, 4.69) is 58.1 Å². The summed E-state index contributed by atoms with van der Waals surface area (Å²) in [6.07, 6.45) is 6.67. The van der Waals surface area contributed by atoms with E-state index in [0.29, 0.717) is 31.2 Å². The Morgan fingerprint density at radius 3 is 2.34 bits per heavy atom. The van der Waals surface area contributed by atoms with Gasteiger partial charge in [-0.25, -0.2) is 4.98 Å². The number of benzene rings is 2. The maximum absolute atomic E-state index is 13.0. The Balaban J connectivity index is 1.13. The molecule has 4 heterocycles. The first-order chi connectivity index (χ1) is 18.5. The van der Waals surface area contributed by atoms with Gasteiger partial charge in [0.05, 0.1) is 23.0 Å². The number of hydrogen-bond acceptors (Lipinski definition) is 4. The van der Waals surface area contributed by atoms with Crippen LogP contribution in [0.3, 0.4) is 0 Å². The lowest BCUT2D eigenvalue weighted by atomic mass is 9.94. The number of likely N-dealkylation sites (tertiary alicyclic amines) is 1. The molecule has 2 aromatic carbocycles. The molecular formula is C31H39N5O2. The van der Waals surface area contributed by atoms with E-state index < -0.39 is 0 Å². The molecule has 3 atom stereocenters. The van der Waals surface area contributed by atoms with Gasteiger partial charge in [-0.1, -0.05) is 49.4 Å². The van der Waals surface area contributed by atoms with Crippen LogP contribution in [0.5, 0.6) is 0 Å². The van der Waals surface area contributed by atoms with E-state index >= 15 is 0 Å². The van der Waals surface area contributed by atoms with Crippen molar-refractivity contribution in [2.24, 2.45) is 5.92 Å². The molecule has 3 fully saturated rings. The van der Waals surface area contributed by atoms with Crippen molar-refractivity contribution in [3.8, 4) is 0 Å². The van der Waals surface area contributed by atoms with Gasteiger partial charge in [0.1, 0.15) is 5.82 Å². The molecule has 0 radical (unpaired) electrons. The van der Waals surface area contributed by atoms with Gasteiger partial charge >= 0.3 is 0 Å². The number of carbonyl (C=O) groups is 2. The molecule has 3 saturated heterocycles. The minimum absolute atomic E-state index is 0.0171. The highest BCUT2D eigenvalue weighted by atomic mass is 16.2. The van der Waals surface area contributed by atoms with E-state index in [1.807, 2.05) is 18.2 Å². The van der Waals surface area contributed by atoms with E-state index in [-0.39, 0.29) is 23.8 Å². The Morgan fingerprint density at radius 2 is 1.66 bits per heavy atom. The minimum Gasteiger partial charge on any atom is -0.349 e. The summed E-state index contributed by atoms with van der Waals surface area (Å²) >= 11 is 0. The van der Waals surface area contributed by atoms with E-state index in [0.717, 1.165) is 43.3 Å². The number of para-hydroxylation sites is 2. The van der Waals surface area contributed by atoms with Crippen LogP contribution < -0.4 is 5.32 Å². The van der Waals surface area contributed by atoms with Crippen molar-refractivity contribution in [3.05, 3.63) is 66.0 Å². The van der Waals surface area contributed by atoms with Crippen LogP contribution in [0.15, 0.2) is 54.6 Å². The third-order valence-electron chi connectivity index (χ3n) is 9.10. The van der Waals surface area contributed by atoms with E-state index in [1.54, 1.807) is 11.8 Å². The van der Waals surface area contributed by atoms with Crippen molar-refractivity contribution in [1.82, 2.24) is 24.7 Å². The average Bonchev–Trinajstić information content (AvgIpc) is 3.38. The monoisotopic (exact) mass is 513 g/mol. The number of rotatable bonds is 8. The first kappa shape index (κ1) is 25.1. The van der Waals surface area contributed by atoms with Gasteiger partial charge in [-0.05, 0) is 49.8 Å². The molecule has 2 amide bonds. The summed E-state index contributed by atoms with van der Waals surface area (Å²) in [5, 5.41) is 3.33. The Bertz CT molecular complexity index is 1280. The molecule has 6 rings (SSSR count). The fraction of sp³-hybridized carbons (Fsp3) is 0.516. The standard InChI is InChI=1S/C31H39N5O2/c1-3-30-32-28-11-7-8-12-29(28)36(30)26-17-24-13-14-25(18-26)35(24)16-15-27(22-9-5-4-6-10-22)33-31(38)23-19-34(20-23)21(2)37/h4-12,23-27H,3,13-20H2,1-2H3,(H,33,38)/t24?,25?,26?,27-/m0/s1. The molecule has 38 heavy (non-hydrogen) atoms. The first-order valence-electron chi connectivity index (χ1n) is 14.3. The number of nitrogens with one attached hydrogen (secondary N) is 1. The Labute approximate surface area is 225 Å². The maximum atomic E-state index is 13.0. The second-order valence-electron chi connectivity index (χ2n) is 11.4. The zero-order valence-electron chi connectivity index (χ0n) is 22.6. The number of carbonyl (C=O) groups excluding carboxylic acids is 2. The van der Waals surface area contributed by atoms with Crippen molar-refractivity contribution in [2.75, 3.05) is 19.6 Å². The number of aromatic nitrogens is 2. The number of imidazole rings is 1. The van der Waals surface area contributed by atoms with Crippen molar-refractivity contribution in [1.29, 1.82) is 0 Å². The molecule has 0 aliphatic carbocycles. The fourth-order valence-electron chi connectivity index (χ4n) is 7.05. The Hall–Kier alpha value is -3.19. The second-order valence-corrected chi connectivity index (χ2v) is 11.4. The molecule has 3 aliphatic heterocycles. The van der Waals surface area contributed by atoms with Crippen LogP contribution in [0, 0.1) is 5.92 Å². The summed E-state index contributed by atoms with van der Waals surface area (Å²) < 4.78 is 2.54. The van der Waals surface area contributed by atoms with Crippen LogP contribution in [-0.2, 0) is 16.0 Å². The molecule has 2 bridgehead atoms. The quantitative estimate of drug-likeness (QED) is 0.482. The molecule has 3 aliphatic rings. The number of nitrogens with zero attached hydrogens (tertiary/aromatic N) is 4. The molecule has 1 N–H and O–H groups in total. The summed E-state index contributed by atoms with van der Waals surface area (Å²) in [6.45, 7) is 5.82. The predicted molar refractivity (Wildman–Crippen MR) is 149 cm³/mol. The van der Waals surface area contributed by atoms with Gasteiger partial charge in [-0.3, -0.25) is 14.5 Å². The van der Waals surface area contributed by atoms with Crippen LogP contribution >= 0.6 is 0 Å². The number of piperidine rings is 1. The zero-order valence-corrected chi connectivity index (χ0v) is 22.6. The summed E-state index contributed by atoms with van der Waals surface area (Å²) in [6, 6.07) is 20.5. The minimum atomic E-state index is -0.102. The first-order valence-corrected chi connectivity index (χ1v) is 14.3. The van der Waals surface area contributed by atoms with E-state index in [1.165, 1.54) is 24.2 Å². The molecule has 200 valence electrons. The maximum Gasteiger partial charge on any atom is 0.227 e. The smallest absolute Gasteiger partial charge is 0.227 e. The lowest BCUT2D eigenvalue weighted by Crippen LogP contribution is -2.55. The normalized spacial score (nSPS) is 24.4. The summed E-state index contributed by atoms with van der Waals surface area (Å²) in [5.41, 5.74) is 3.54. The van der Waals surface area contributed by atoms with Gasteiger partial charge < -0.3 is 14.8 Å². The van der Waals surface area contributed by atoms with Gasteiger partial charge in [-0.2, -0.15) is 0 Å². The highest BCUT2D eigenvalue weighted by Crippen LogP contribution is 2.43. The molecule has 2 unspecified atom stereocenters. The molecule has 0 saturated carbocycles. The Kier molecular flexibility index (Phi) is 6.95. The van der Waals surface area contributed by atoms with E-state index in [4.69, 9.17) is 4.98 Å². The van der Waals surface area contributed by atoms with Gasteiger partial charge in [0, 0.05) is 51.1 Å². The molecule has 7 nitrogen and oxygen atoms in total. The highest BCUT2D eigenvalue weighted by Gasteiger charge is 2.42. The third-order valence-corrected chi connectivity index (χ3v) is 9.10. The van der Waals surface area contributed by atoms with E-state index in [9.17, 15) is 9.59 Å². The van der Waals surface area contributed by atoms with Gasteiger partial charge in [0.15, 0.2) is 0 Å². The zero-order chi connectivity index (χ0) is 26.2. The van der Waals surface area contributed by atoms with Crippen LogP contribution in [0.4, 0.5) is 0 Å². The molecule has 0 spiro atoms. The third kappa shape index (κ3) is 4.73. The van der Waals surface area contributed by atoms with Crippen molar-refractivity contribution in [2.45, 2.75) is 76.5 Å². The topological polar surface area (TPSA) is 70.5 Å². The van der Waals surface area contributed by atoms with Crippen LogP contribution in [0.25, 0.3) is 11.0 Å². The second kappa shape index (κ2) is 10.5. The van der Waals surface area contributed by atoms with Gasteiger partial charge in [-0.15, -0.1) is 0 Å². The summed E-state index contributed by atoms with van der Waals surface area (Å²) in [7, 11) is 0. The fourth-order valence-corrected chi connectivity index (χ4v) is 7.05. The number of amides is 2. The summed E-state index contributed by atoms with van der Waals surface area (Å²) in [4.78, 5) is 34.0. The Morgan fingerprint density at radius 1 is 0.974 bits per heavy atom. The average molecular weight is 514 g/mol. The van der Waals surface area contributed by atoms with Crippen LogP contribution in [-0.4, -0.2) is 62.9 Å². The molecule has 1 aromatic heterocycles. The van der Waals surface area contributed by atoms with Crippen molar-refractivity contribution in [3.63, 3.8) is 0 Å². The van der Waals surface area contributed by atoms with Crippen molar-refractivity contribution >= 4 is 22.8 Å². The predicted octanol–water partition coefficient (Wildman–Crippen LogP) is 4.49. The molecule has 3 aromatic rings. The van der Waals surface area contributed by atoms with Gasteiger partial charge in [0.2, 0.25) is 11.8 Å². The SMILES string of the molecule is CCc1nc2ccccc2n1C1CC2CCC(C1)N2CC[C@H](NC(=O)C1CN(C(C)=O)C1)c1ccccc1. The lowest BCUT2D eigenvalue weighted by molar-refractivity contribution is -0.141. The number of hydrogen-bond donors (Lipinski definition) is 1. The van der Waals surface area contributed by atoms with Crippen LogP contribution in [0.1, 0.15) is 69.4 Å². The number of fused-ring (bicyclic) bond motifs is 3. The van der Waals surface area contributed by atoms with Gasteiger partial charge in [0.25, 0.3) is 0 Å². The van der Waals surface area contributed by atoms with Crippen LogP contribution in [0.2, 0.25) is 0 Å². The molecule has 7 heteroatoms. The van der Waals surface area contributed by atoms with Crippen molar-refractivity contribution < 1.29 is 9.59 Å². The lowest BCUT2D eigenvalue weighted by Gasteiger charge is -2.41. The highest BCUT2D eigenvalue weighted by molar-refractivity contribution is 5.84. The largest absolute Gasteiger partial charge is 0.349 e. The summed E-state index contributed by atoms with van der Waals surface area (Å²) in [5.74, 6) is 1.21. The number of aryl methyl sites for hydroxylation is 1. The molecular weight excluding hydrogens is 474 g/mol.